The second-order valence-corrected chi connectivity index (χ2v) is 13.4. The van der Waals surface area contributed by atoms with Crippen LogP contribution < -0.4 is 0 Å². The van der Waals surface area contributed by atoms with E-state index in [4.69, 9.17) is 4.98 Å². The Hall–Kier alpha value is -3.53. The summed E-state index contributed by atoms with van der Waals surface area (Å²) in [5, 5.41) is 2.52. The van der Waals surface area contributed by atoms with Gasteiger partial charge in [-0.15, -0.1) is 11.3 Å². The van der Waals surface area contributed by atoms with Crippen LogP contribution in [0.15, 0.2) is 84.2 Å². The van der Waals surface area contributed by atoms with Gasteiger partial charge in [0, 0.05) is 38.1 Å². The molecule has 4 aromatic rings. The van der Waals surface area contributed by atoms with Crippen LogP contribution in [-0.2, 0) is 37.8 Å². The number of likely N-dealkylation sites (N-methyl/N-ethyl adjacent to an activating group) is 1. The van der Waals surface area contributed by atoms with Crippen LogP contribution >= 0.6 is 11.3 Å². The molecule has 0 aliphatic heterocycles. The lowest BCUT2D eigenvalue weighted by Gasteiger charge is -2.24. The zero-order chi connectivity index (χ0) is 31.9. The fourth-order valence-electron chi connectivity index (χ4n) is 4.85. The predicted molar refractivity (Wildman–Crippen MR) is 171 cm³/mol. The van der Waals surface area contributed by atoms with E-state index in [1.54, 1.807) is 11.4 Å². The number of alkyl halides is 3. The summed E-state index contributed by atoms with van der Waals surface area (Å²) in [6.07, 6.45) is -4.41. The first kappa shape index (κ1) is 33.4. The van der Waals surface area contributed by atoms with Crippen molar-refractivity contribution in [2.75, 3.05) is 27.2 Å². The highest BCUT2D eigenvalue weighted by Gasteiger charge is 2.30. The Labute approximate surface area is 263 Å². The lowest BCUT2D eigenvalue weighted by atomic mass is 9.87. The molecule has 0 aliphatic rings. The zero-order valence-corrected chi connectivity index (χ0v) is 26.9. The predicted octanol–water partition coefficient (Wildman–Crippen LogP) is 7.87. The second kappa shape index (κ2) is 14.5. The van der Waals surface area contributed by atoms with Crippen molar-refractivity contribution in [3.05, 3.63) is 123 Å². The first-order valence-corrected chi connectivity index (χ1v) is 15.6. The molecule has 3 aromatic carbocycles. The number of rotatable bonds is 12. The fourth-order valence-corrected chi connectivity index (χ4v) is 5.66. The minimum atomic E-state index is -4.41. The largest absolute Gasteiger partial charge is 0.416 e. The van der Waals surface area contributed by atoms with Gasteiger partial charge in [0.05, 0.1) is 12.1 Å². The zero-order valence-electron chi connectivity index (χ0n) is 26.1. The SMILES string of the molecule is CN(C)CCN(Cc1ccccc1)C(=O)c1csc(CN(Cc2ccc(C(C)(C)C)cc2)Cc2cccc(C(F)(F)F)c2)n1. The Bertz CT molecular complexity index is 1490. The topological polar surface area (TPSA) is 39.7 Å². The first-order valence-electron chi connectivity index (χ1n) is 14.7. The molecule has 1 amide bonds. The molecule has 0 bridgehead atoms. The number of carbonyl (C=O) groups is 1. The fraction of sp³-hybridized carbons (Fsp3) is 0.371. The summed E-state index contributed by atoms with van der Waals surface area (Å²) in [5.74, 6) is -0.139. The summed E-state index contributed by atoms with van der Waals surface area (Å²) in [5.41, 5.74) is 3.60. The van der Waals surface area contributed by atoms with Crippen molar-refractivity contribution in [3.8, 4) is 0 Å². The van der Waals surface area contributed by atoms with Gasteiger partial charge in [-0.3, -0.25) is 9.69 Å². The van der Waals surface area contributed by atoms with E-state index in [0.717, 1.165) is 22.2 Å². The van der Waals surface area contributed by atoms with Crippen LogP contribution in [0.1, 0.15) is 64.1 Å². The van der Waals surface area contributed by atoms with E-state index in [0.29, 0.717) is 50.5 Å². The van der Waals surface area contributed by atoms with Crippen LogP contribution in [0.2, 0.25) is 0 Å². The second-order valence-electron chi connectivity index (χ2n) is 12.4. The van der Waals surface area contributed by atoms with Crippen LogP contribution in [-0.4, -0.2) is 52.8 Å². The molecule has 0 N–H and O–H groups in total. The number of hydrogen-bond acceptors (Lipinski definition) is 5. The van der Waals surface area contributed by atoms with E-state index in [1.165, 1.54) is 29.0 Å². The smallest absolute Gasteiger partial charge is 0.332 e. The number of carbonyl (C=O) groups excluding carboxylic acids is 1. The van der Waals surface area contributed by atoms with Crippen molar-refractivity contribution in [3.63, 3.8) is 0 Å². The molecule has 44 heavy (non-hydrogen) atoms. The van der Waals surface area contributed by atoms with Crippen LogP contribution in [0.5, 0.6) is 0 Å². The summed E-state index contributed by atoms with van der Waals surface area (Å²) < 4.78 is 40.4. The van der Waals surface area contributed by atoms with Crippen molar-refractivity contribution in [1.29, 1.82) is 0 Å². The maximum Gasteiger partial charge on any atom is 0.416 e. The maximum absolute atomic E-state index is 13.6. The molecule has 0 spiro atoms. The Balaban J connectivity index is 1.55. The molecule has 4 rings (SSSR count). The summed E-state index contributed by atoms with van der Waals surface area (Å²) in [6.45, 7) is 9.44. The Kier molecular flexibility index (Phi) is 11.0. The molecule has 0 aliphatic carbocycles. The van der Waals surface area contributed by atoms with Gasteiger partial charge in [0.1, 0.15) is 10.7 Å². The highest BCUT2D eigenvalue weighted by Crippen LogP contribution is 2.30. The van der Waals surface area contributed by atoms with Crippen molar-refractivity contribution in [1.82, 2.24) is 19.7 Å². The van der Waals surface area contributed by atoms with E-state index in [2.05, 4.69) is 49.9 Å². The van der Waals surface area contributed by atoms with E-state index in [-0.39, 0.29) is 11.3 Å². The lowest BCUT2D eigenvalue weighted by molar-refractivity contribution is -0.137. The third kappa shape index (κ3) is 9.74. The molecule has 1 aromatic heterocycles. The molecule has 5 nitrogen and oxygen atoms in total. The molecular weight excluding hydrogens is 581 g/mol. The molecule has 0 unspecified atom stereocenters. The normalized spacial score (nSPS) is 12.2. The van der Waals surface area contributed by atoms with Gasteiger partial charge in [-0.25, -0.2) is 4.98 Å². The summed E-state index contributed by atoms with van der Waals surface area (Å²) in [7, 11) is 3.95. The number of benzene rings is 3. The van der Waals surface area contributed by atoms with Crippen LogP contribution in [0, 0.1) is 0 Å². The van der Waals surface area contributed by atoms with E-state index >= 15 is 0 Å². The lowest BCUT2D eigenvalue weighted by Crippen LogP contribution is -2.36. The summed E-state index contributed by atoms with van der Waals surface area (Å²) in [6, 6.07) is 23.7. The van der Waals surface area contributed by atoms with Gasteiger partial charge in [0.25, 0.3) is 5.91 Å². The number of amides is 1. The molecule has 1 heterocycles. The van der Waals surface area contributed by atoms with Crippen LogP contribution in [0.4, 0.5) is 13.2 Å². The maximum atomic E-state index is 13.6. The molecule has 9 heteroatoms. The molecule has 0 fully saturated rings. The van der Waals surface area contributed by atoms with E-state index in [9.17, 15) is 18.0 Å². The van der Waals surface area contributed by atoms with Crippen molar-refractivity contribution < 1.29 is 18.0 Å². The first-order chi connectivity index (χ1) is 20.8. The number of aromatic nitrogens is 1. The molecule has 0 saturated heterocycles. The molecular formula is C35H41F3N4OS. The molecule has 234 valence electrons. The third-order valence-electron chi connectivity index (χ3n) is 7.34. The highest BCUT2D eigenvalue weighted by molar-refractivity contribution is 7.09. The monoisotopic (exact) mass is 622 g/mol. The Morgan fingerprint density at radius 1 is 0.750 bits per heavy atom. The van der Waals surface area contributed by atoms with Gasteiger partial charge < -0.3 is 9.80 Å². The number of halogens is 3. The van der Waals surface area contributed by atoms with E-state index < -0.39 is 11.7 Å². The van der Waals surface area contributed by atoms with Crippen molar-refractivity contribution in [2.24, 2.45) is 0 Å². The van der Waals surface area contributed by atoms with Crippen LogP contribution in [0.25, 0.3) is 0 Å². The van der Waals surface area contributed by atoms with Gasteiger partial charge in [-0.1, -0.05) is 93.6 Å². The quantitative estimate of drug-likeness (QED) is 0.161. The van der Waals surface area contributed by atoms with Gasteiger partial charge >= 0.3 is 6.18 Å². The van der Waals surface area contributed by atoms with Gasteiger partial charge in [0.2, 0.25) is 0 Å². The number of nitrogens with zero attached hydrogens (tertiary/aromatic N) is 4. The van der Waals surface area contributed by atoms with Gasteiger partial charge in [-0.05, 0) is 47.8 Å². The average molecular weight is 623 g/mol. The summed E-state index contributed by atoms with van der Waals surface area (Å²) in [4.78, 5) is 24.3. The van der Waals surface area contributed by atoms with Crippen molar-refractivity contribution in [2.45, 2.75) is 58.5 Å². The Morgan fingerprint density at radius 3 is 2.02 bits per heavy atom. The third-order valence-corrected chi connectivity index (χ3v) is 8.17. The molecule has 0 saturated carbocycles. The van der Waals surface area contributed by atoms with Crippen LogP contribution in [0.3, 0.4) is 0 Å². The van der Waals surface area contributed by atoms with Gasteiger partial charge in [0.15, 0.2) is 0 Å². The standard InChI is InChI=1S/C35H41F3N4OS/c1-34(2,3)29-16-14-27(15-17-29)21-41(22-28-12-9-13-30(20-28)35(36,37)38)24-32-39-31(25-44-32)33(43)42(19-18-40(4)5)23-26-10-7-6-8-11-26/h6-17,20,25H,18-19,21-24H2,1-5H3. The highest BCUT2D eigenvalue weighted by atomic mass is 32.1. The minimum absolute atomic E-state index is 0.0149. The average Bonchev–Trinajstić information content (AvgIpc) is 3.43. The van der Waals surface area contributed by atoms with E-state index in [1.807, 2.05) is 54.2 Å². The molecule has 0 atom stereocenters. The Morgan fingerprint density at radius 2 is 1.39 bits per heavy atom. The molecule has 0 radical (unpaired) electrons. The van der Waals surface area contributed by atoms with Crippen molar-refractivity contribution >= 4 is 17.2 Å². The summed E-state index contributed by atoms with van der Waals surface area (Å²) >= 11 is 1.40. The number of thiazole rings is 1. The van der Waals surface area contributed by atoms with Gasteiger partial charge in [-0.2, -0.15) is 13.2 Å². The number of hydrogen-bond donors (Lipinski definition) is 0. The minimum Gasteiger partial charge on any atom is -0.332 e.